The largest absolute Gasteiger partial charge is 0.481 e. The number of fused-ring (bicyclic) bond motifs is 1. The van der Waals surface area contributed by atoms with Crippen molar-refractivity contribution in [2.75, 3.05) is 18.4 Å². The van der Waals surface area contributed by atoms with E-state index in [1.807, 2.05) is 13.2 Å². The number of aliphatic carboxylic acids is 1. The van der Waals surface area contributed by atoms with Crippen LogP contribution in [0.3, 0.4) is 0 Å². The number of carboxylic acids is 1. The Morgan fingerprint density at radius 1 is 1.42 bits per heavy atom. The van der Waals surface area contributed by atoms with Gasteiger partial charge < -0.3 is 15.3 Å². The van der Waals surface area contributed by atoms with Crippen LogP contribution in [0.5, 0.6) is 0 Å². The average molecular weight is 355 g/mol. The lowest BCUT2D eigenvalue weighted by molar-refractivity contribution is -0.149. The number of aromatic nitrogens is 3. The minimum atomic E-state index is -0.785. The van der Waals surface area contributed by atoms with E-state index in [1.165, 1.54) is 0 Å². The minimum Gasteiger partial charge on any atom is -0.481 e. The van der Waals surface area contributed by atoms with Crippen molar-refractivity contribution in [3.63, 3.8) is 0 Å². The fraction of sp³-hybridized carbons (Fsp3) is 0.444. The highest BCUT2D eigenvalue weighted by atomic mass is 16.4. The number of hydrogen-bond acceptors (Lipinski definition) is 4. The summed E-state index contributed by atoms with van der Waals surface area (Å²) in [5.74, 6) is -0.745. The Hall–Kier alpha value is -2.90. The fourth-order valence-electron chi connectivity index (χ4n) is 4.27. The lowest BCUT2D eigenvalue weighted by Crippen LogP contribution is -2.38. The van der Waals surface area contributed by atoms with Crippen LogP contribution in [0.2, 0.25) is 0 Å². The van der Waals surface area contributed by atoms with Gasteiger partial charge in [-0.25, -0.2) is 4.79 Å². The maximum Gasteiger partial charge on any atom is 0.321 e. The van der Waals surface area contributed by atoms with Gasteiger partial charge in [0, 0.05) is 38.1 Å². The van der Waals surface area contributed by atoms with Gasteiger partial charge in [-0.05, 0) is 30.9 Å². The van der Waals surface area contributed by atoms with Gasteiger partial charge in [0.15, 0.2) is 0 Å². The number of likely N-dealkylation sites (tertiary alicyclic amines) is 1. The summed E-state index contributed by atoms with van der Waals surface area (Å²) in [5, 5.41) is 16.7. The van der Waals surface area contributed by atoms with Gasteiger partial charge in [-0.1, -0.05) is 6.42 Å². The van der Waals surface area contributed by atoms with E-state index >= 15 is 0 Å². The number of nitrogens with zero attached hydrogens (tertiary/aromatic N) is 4. The molecule has 26 heavy (non-hydrogen) atoms. The molecular weight excluding hydrogens is 334 g/mol. The van der Waals surface area contributed by atoms with E-state index in [4.69, 9.17) is 0 Å². The normalized spacial score (nSPS) is 24.5. The topological polar surface area (TPSA) is 100 Å². The van der Waals surface area contributed by atoms with Crippen molar-refractivity contribution in [3.05, 3.63) is 30.7 Å². The Balaban J connectivity index is 1.54. The molecule has 2 aromatic heterocycles. The van der Waals surface area contributed by atoms with Gasteiger partial charge in [-0.2, -0.15) is 5.10 Å². The molecule has 0 radical (unpaired) electrons. The third kappa shape index (κ3) is 2.61. The molecule has 0 unspecified atom stereocenters. The van der Waals surface area contributed by atoms with E-state index < -0.39 is 11.4 Å². The molecule has 2 aliphatic rings. The van der Waals surface area contributed by atoms with E-state index in [0.29, 0.717) is 24.3 Å². The first kappa shape index (κ1) is 16.6. The molecule has 2 fully saturated rings. The quantitative estimate of drug-likeness (QED) is 0.879. The van der Waals surface area contributed by atoms with Crippen molar-refractivity contribution in [1.82, 2.24) is 19.7 Å². The molecular formula is C18H21N5O3. The van der Waals surface area contributed by atoms with Gasteiger partial charge in [-0.15, -0.1) is 0 Å². The Bertz CT molecular complexity index is 864. The average Bonchev–Trinajstić information content (AvgIpc) is 3.29. The molecule has 2 amide bonds. The first-order chi connectivity index (χ1) is 12.5. The van der Waals surface area contributed by atoms with Crippen molar-refractivity contribution < 1.29 is 14.7 Å². The van der Waals surface area contributed by atoms with Crippen molar-refractivity contribution in [2.24, 2.45) is 18.4 Å². The van der Waals surface area contributed by atoms with Crippen LogP contribution in [0.25, 0.3) is 11.3 Å². The third-order valence-corrected chi connectivity index (χ3v) is 5.61. The summed E-state index contributed by atoms with van der Waals surface area (Å²) >= 11 is 0. The van der Waals surface area contributed by atoms with Gasteiger partial charge in [0.2, 0.25) is 0 Å². The molecule has 1 saturated heterocycles. The van der Waals surface area contributed by atoms with Crippen molar-refractivity contribution in [2.45, 2.75) is 19.3 Å². The molecule has 2 aromatic rings. The van der Waals surface area contributed by atoms with Crippen LogP contribution in [0.1, 0.15) is 19.3 Å². The summed E-state index contributed by atoms with van der Waals surface area (Å²) in [5.41, 5.74) is 1.26. The molecule has 8 nitrogen and oxygen atoms in total. The summed E-state index contributed by atoms with van der Waals surface area (Å²) in [6, 6.07) is 3.27. The Morgan fingerprint density at radius 3 is 2.96 bits per heavy atom. The predicted octanol–water partition coefficient (Wildman–Crippen LogP) is 2.20. The highest BCUT2D eigenvalue weighted by molar-refractivity contribution is 5.94. The molecule has 2 N–H and O–H groups in total. The molecule has 0 bridgehead atoms. The second-order valence-corrected chi connectivity index (χ2v) is 7.16. The first-order valence-electron chi connectivity index (χ1n) is 8.73. The number of pyridine rings is 1. The summed E-state index contributed by atoms with van der Waals surface area (Å²) in [6.45, 7) is 0.752. The van der Waals surface area contributed by atoms with E-state index in [0.717, 1.165) is 18.4 Å². The SMILES string of the molecule is Cn1cc(-c2ncccc2NC(=O)N2C[C@@H]3CCC[C@@]3(C(=O)O)C2)cn1. The predicted molar refractivity (Wildman–Crippen MR) is 94.4 cm³/mol. The molecule has 1 aliphatic carbocycles. The fourth-order valence-corrected chi connectivity index (χ4v) is 4.27. The maximum atomic E-state index is 12.8. The number of amides is 2. The first-order valence-corrected chi connectivity index (χ1v) is 8.73. The number of carboxylic acid groups (broad SMARTS) is 1. The number of carbonyl (C=O) groups is 2. The maximum absolute atomic E-state index is 12.8. The summed E-state index contributed by atoms with van der Waals surface area (Å²) in [6.07, 6.45) is 7.61. The lowest BCUT2D eigenvalue weighted by Gasteiger charge is -2.23. The van der Waals surface area contributed by atoms with Crippen LogP contribution < -0.4 is 5.32 Å². The summed E-state index contributed by atoms with van der Waals surface area (Å²) < 4.78 is 1.67. The zero-order valence-corrected chi connectivity index (χ0v) is 14.6. The molecule has 3 heterocycles. The highest BCUT2D eigenvalue weighted by Gasteiger charge is 2.55. The van der Waals surface area contributed by atoms with Gasteiger partial charge in [-0.3, -0.25) is 14.5 Å². The standard InChI is InChI=1S/C18H21N5O3/c1-22-9-12(8-20-22)15-14(5-3-7-19-15)21-17(26)23-10-13-4-2-6-18(13,11-23)16(24)25/h3,5,7-9,13H,2,4,6,10-11H2,1H3,(H,21,26)(H,24,25)/t13-,18+/m0/s1. The lowest BCUT2D eigenvalue weighted by atomic mass is 9.81. The van der Waals surface area contributed by atoms with E-state index in [2.05, 4.69) is 15.4 Å². The van der Waals surface area contributed by atoms with Crippen molar-refractivity contribution in [3.8, 4) is 11.3 Å². The number of aryl methyl sites for hydroxylation is 1. The van der Waals surface area contributed by atoms with E-state index in [9.17, 15) is 14.7 Å². The Kier molecular flexibility index (Phi) is 3.90. The molecule has 1 saturated carbocycles. The number of carbonyl (C=O) groups excluding carboxylic acids is 1. The summed E-state index contributed by atoms with van der Waals surface area (Å²) in [4.78, 5) is 30.6. The molecule has 0 spiro atoms. The molecule has 136 valence electrons. The van der Waals surface area contributed by atoms with E-state index in [1.54, 1.807) is 34.1 Å². The van der Waals surface area contributed by atoms with Crippen molar-refractivity contribution >= 4 is 17.7 Å². The Morgan fingerprint density at radius 2 is 2.27 bits per heavy atom. The van der Waals surface area contributed by atoms with E-state index in [-0.39, 0.29) is 18.5 Å². The van der Waals surface area contributed by atoms with Gasteiger partial charge >= 0.3 is 12.0 Å². The van der Waals surface area contributed by atoms with Crippen LogP contribution in [0, 0.1) is 11.3 Å². The second-order valence-electron chi connectivity index (χ2n) is 7.16. The molecule has 2 atom stereocenters. The van der Waals surface area contributed by atoms with Gasteiger partial charge in [0.25, 0.3) is 0 Å². The monoisotopic (exact) mass is 355 g/mol. The zero-order valence-electron chi connectivity index (χ0n) is 14.6. The molecule has 4 rings (SSSR count). The van der Waals surface area contributed by atoms with Crippen LogP contribution in [0.4, 0.5) is 10.5 Å². The molecule has 0 aromatic carbocycles. The zero-order chi connectivity index (χ0) is 18.3. The molecule has 8 heteroatoms. The highest BCUT2D eigenvalue weighted by Crippen LogP contribution is 2.49. The third-order valence-electron chi connectivity index (χ3n) is 5.61. The van der Waals surface area contributed by atoms with Crippen LogP contribution in [-0.4, -0.2) is 49.9 Å². The van der Waals surface area contributed by atoms with Crippen LogP contribution in [-0.2, 0) is 11.8 Å². The van der Waals surface area contributed by atoms with Gasteiger partial charge in [0.05, 0.1) is 23.0 Å². The number of rotatable bonds is 3. The summed E-state index contributed by atoms with van der Waals surface area (Å²) in [7, 11) is 1.82. The van der Waals surface area contributed by atoms with Gasteiger partial charge in [0.1, 0.15) is 0 Å². The second kappa shape index (κ2) is 6.12. The smallest absolute Gasteiger partial charge is 0.321 e. The van der Waals surface area contributed by atoms with Crippen molar-refractivity contribution in [1.29, 1.82) is 0 Å². The van der Waals surface area contributed by atoms with Crippen LogP contribution >= 0.6 is 0 Å². The minimum absolute atomic E-state index is 0.0393. The van der Waals surface area contributed by atoms with Crippen LogP contribution in [0.15, 0.2) is 30.7 Å². The number of nitrogens with one attached hydrogen (secondary N) is 1. The Labute approximate surface area is 150 Å². The molecule has 1 aliphatic heterocycles. The number of urea groups is 1. The number of hydrogen-bond donors (Lipinski definition) is 2. The number of anilines is 1.